The van der Waals surface area contributed by atoms with Gasteiger partial charge in [0.15, 0.2) is 23.3 Å². The van der Waals surface area contributed by atoms with Gasteiger partial charge in [0.1, 0.15) is 5.60 Å². The van der Waals surface area contributed by atoms with Gasteiger partial charge in [0, 0.05) is 128 Å². The van der Waals surface area contributed by atoms with Gasteiger partial charge >= 0.3 is 0 Å². The molecule has 5 aromatic carbocycles. The zero-order chi connectivity index (χ0) is 87.6. The largest absolute Gasteiger partial charge is 0.385 e. The molecular formula is C94H120N24O7S. The number of nitriles is 1. The Bertz CT molecular complexity index is 5590. The first-order valence-corrected chi connectivity index (χ1v) is 45.8. The lowest BCUT2D eigenvalue weighted by molar-refractivity contribution is -0.122. The summed E-state index contributed by atoms with van der Waals surface area (Å²) in [6.45, 7) is 18.1. The smallest absolute Gasteiger partial charge is 0.239 e. The van der Waals surface area contributed by atoms with Crippen molar-refractivity contribution >= 4 is 108 Å². The maximum atomic E-state index is 12.5. The fourth-order valence-electron chi connectivity index (χ4n) is 19.5. The molecule has 664 valence electrons. The maximum Gasteiger partial charge on any atom is 0.239 e. The van der Waals surface area contributed by atoms with Crippen LogP contribution in [0.15, 0.2) is 127 Å². The number of likely N-dealkylation sites (tertiary alicyclic amines) is 4. The van der Waals surface area contributed by atoms with Gasteiger partial charge in [-0.3, -0.25) is 73.9 Å². The third-order valence-corrected chi connectivity index (χ3v) is 28.0. The van der Waals surface area contributed by atoms with Crippen molar-refractivity contribution in [3.63, 3.8) is 0 Å². The molecule has 31 nitrogen and oxygen atoms in total. The van der Waals surface area contributed by atoms with Crippen molar-refractivity contribution in [1.82, 2.24) is 91.6 Å². The summed E-state index contributed by atoms with van der Waals surface area (Å²) in [6.07, 6.45) is 19.7. The van der Waals surface area contributed by atoms with E-state index in [0.717, 1.165) is 217 Å². The molecule has 0 atom stereocenters. The van der Waals surface area contributed by atoms with E-state index in [4.69, 9.17) is 11.0 Å². The minimum Gasteiger partial charge on any atom is -0.385 e. The number of amides is 5. The molecule has 4 saturated carbocycles. The minimum atomic E-state index is -0.768. The summed E-state index contributed by atoms with van der Waals surface area (Å²) in [5.41, 5.74) is 18.3. The highest BCUT2D eigenvalue weighted by atomic mass is 32.1. The number of hydrogen-bond acceptors (Lipinski definition) is 23. The van der Waals surface area contributed by atoms with Crippen molar-refractivity contribution < 1.29 is 34.2 Å². The minimum absolute atomic E-state index is 0.00180. The average Bonchev–Trinajstić information content (AvgIpc) is 1.34. The monoisotopic (exact) mass is 1730 g/mol. The highest BCUT2D eigenvalue weighted by Crippen LogP contribution is 2.43. The van der Waals surface area contributed by atoms with Crippen LogP contribution in [-0.4, -0.2) is 237 Å². The van der Waals surface area contributed by atoms with E-state index < -0.39 is 11.2 Å². The van der Waals surface area contributed by atoms with Crippen molar-refractivity contribution in [2.24, 2.45) is 11.7 Å². The quantitative estimate of drug-likeness (QED) is 0.0253. The van der Waals surface area contributed by atoms with Gasteiger partial charge in [-0.2, -0.15) is 25.7 Å². The summed E-state index contributed by atoms with van der Waals surface area (Å²) in [6, 6.07) is 42.0. The van der Waals surface area contributed by atoms with Crippen LogP contribution in [0, 0.1) is 51.9 Å². The third kappa shape index (κ3) is 21.8. The molecule has 0 unspecified atom stereocenters. The Hall–Kier alpha value is -11.4. The van der Waals surface area contributed by atoms with Crippen LogP contribution in [0.1, 0.15) is 158 Å². The fraction of sp³-hybridized carbons (Fsp3) is 0.489. The van der Waals surface area contributed by atoms with Crippen LogP contribution in [0.4, 0.5) is 23.3 Å². The van der Waals surface area contributed by atoms with E-state index in [0.29, 0.717) is 59.8 Å². The number of anilines is 4. The lowest BCUT2D eigenvalue weighted by Gasteiger charge is -2.48. The summed E-state index contributed by atoms with van der Waals surface area (Å²) < 4.78 is 0. The summed E-state index contributed by atoms with van der Waals surface area (Å²) in [7, 11) is 0. The number of nitrogens with one attached hydrogen (secondary N) is 12. The molecule has 10 heterocycles. The number of nitrogens with two attached hydrogens (primary N) is 1. The van der Waals surface area contributed by atoms with Gasteiger partial charge < -0.3 is 58.5 Å². The predicted octanol–water partition coefficient (Wildman–Crippen LogP) is 9.99. The highest BCUT2D eigenvalue weighted by Gasteiger charge is 2.44. The number of primary amides is 1. The van der Waals surface area contributed by atoms with Crippen molar-refractivity contribution in [3.8, 4) is 6.07 Å². The molecule has 0 spiro atoms. The molecule has 8 fully saturated rings. The topological polar surface area (TPSA) is 425 Å². The van der Waals surface area contributed by atoms with Crippen LogP contribution in [0.5, 0.6) is 0 Å². The predicted molar refractivity (Wildman–Crippen MR) is 490 cm³/mol. The van der Waals surface area contributed by atoms with Crippen molar-refractivity contribution in [3.05, 3.63) is 177 Å². The molecule has 0 radical (unpaired) electrons. The summed E-state index contributed by atoms with van der Waals surface area (Å²) in [4.78, 5) is 79.8. The Kier molecular flexibility index (Phi) is 27.7. The van der Waals surface area contributed by atoms with Crippen LogP contribution >= 0.6 is 11.3 Å². The lowest BCUT2D eigenvalue weighted by Crippen LogP contribution is -2.63. The molecule has 0 bridgehead atoms. The second-order valence-electron chi connectivity index (χ2n) is 36.4. The van der Waals surface area contributed by atoms with Gasteiger partial charge in [0.2, 0.25) is 29.5 Å². The molecule has 16 N–H and O–H groups in total. The number of hydrogen-bond donors (Lipinski definition) is 15. The molecule has 6 aromatic heterocycles. The molecular weight excluding hydrogens is 1610 g/mol. The van der Waals surface area contributed by atoms with Crippen LogP contribution in [-0.2, 0) is 41.6 Å². The van der Waals surface area contributed by atoms with E-state index in [1.54, 1.807) is 11.7 Å². The van der Waals surface area contributed by atoms with Crippen molar-refractivity contribution in [1.29, 1.82) is 5.26 Å². The van der Waals surface area contributed by atoms with Gasteiger partial charge in [0.25, 0.3) is 0 Å². The van der Waals surface area contributed by atoms with Crippen LogP contribution in [0.2, 0.25) is 0 Å². The van der Waals surface area contributed by atoms with Gasteiger partial charge in [0.05, 0.1) is 101 Å². The van der Waals surface area contributed by atoms with Gasteiger partial charge in [-0.15, -0.1) is 11.3 Å². The first-order valence-electron chi connectivity index (χ1n) is 44.9. The number of rotatable bonds is 25. The molecule has 32 heteroatoms. The molecule has 11 aromatic rings. The number of aryl methyl sites for hydroxylation is 5. The van der Waals surface area contributed by atoms with Crippen LogP contribution in [0.25, 0.3) is 43.6 Å². The maximum absolute atomic E-state index is 12.5. The Balaban J connectivity index is 0.000000124. The highest BCUT2D eigenvalue weighted by molar-refractivity contribution is 7.09. The molecule has 8 aliphatic rings. The number of benzene rings is 5. The molecule has 4 aliphatic heterocycles. The number of thiazole rings is 1. The number of pyridine rings is 1. The van der Waals surface area contributed by atoms with Crippen molar-refractivity contribution in [2.75, 3.05) is 99.8 Å². The molecule has 19 rings (SSSR count). The summed E-state index contributed by atoms with van der Waals surface area (Å²) in [5, 5.41) is 89.1. The Morgan fingerprint density at radius 1 is 0.452 bits per heavy atom. The third-order valence-electron chi connectivity index (χ3n) is 27.0. The lowest BCUT2D eigenvalue weighted by atomic mass is 9.77. The molecule has 5 amide bonds. The molecule has 4 aliphatic carbocycles. The van der Waals surface area contributed by atoms with E-state index in [9.17, 15) is 34.2 Å². The number of aromatic amines is 4. The number of H-pyrrole nitrogens is 4. The van der Waals surface area contributed by atoms with Gasteiger partial charge in [-0.05, 0) is 209 Å². The zero-order valence-electron chi connectivity index (χ0n) is 72.7. The van der Waals surface area contributed by atoms with E-state index >= 15 is 0 Å². The fourth-order valence-corrected chi connectivity index (χ4v) is 20.3. The van der Waals surface area contributed by atoms with E-state index in [2.05, 4.69) is 155 Å². The Morgan fingerprint density at radius 3 is 1.13 bits per heavy atom. The van der Waals surface area contributed by atoms with E-state index in [1.165, 1.54) is 42.6 Å². The Morgan fingerprint density at radius 2 is 0.802 bits per heavy atom. The standard InChI is InChI=1S/C27H34N6O2.C25H32N6O2.C22H28N6O2S.C20H26N6O/c1-17-2-11-24-23(12-17)27(32-31-24)29-14-26(35)30-21-15-33(16-21)22-9-7-20(8-10-22)19-5-3-18(4-6-19)13-25(28)34;1-16-3-6-22-21(11-16)24(30-29-22)27-13-23(32)28-19-14-31(15-19)20-7-9-25(33,10-8-20)18-5-4-17(2)26-12-18;1-14-2-3-18-17(8-14)21(27-26-18)24-10-20(29)25-15-11-28(12-15)16-4-6-22(30,7-5-16)19-9-23-13-31-19;1-13-2-7-18-17(8-13)20(25-24-18)22-10-19(27)23-15-11-26(12-15)16-5-3-14(9-21)4-6-16/h2-6,11-12,20-22H,7-10,13-16H2,1H3,(H2,28,34)(H,30,35)(H2,29,31,32);3-6,11-12,19-20,33H,7-10,13-15H2,1-2H3,(H,28,32)(H2,27,29,30);2-3,8-9,13,15-16,30H,4-7,10-12H2,1H3,(H,25,29)(H2,24,26,27);2,7-8,14-16H,3-6,10-12H2,1H3,(H,23,27)(H2,22,24,25). The van der Waals surface area contributed by atoms with Crippen LogP contribution < -0.4 is 48.3 Å². The number of carbonyl (C=O) groups excluding carboxylic acids is 5. The summed E-state index contributed by atoms with van der Waals surface area (Å²) in [5.74, 6) is 3.34. The first-order chi connectivity index (χ1) is 61.0. The van der Waals surface area contributed by atoms with Crippen LogP contribution in [0.3, 0.4) is 0 Å². The zero-order valence-corrected chi connectivity index (χ0v) is 73.6. The average molecular weight is 1730 g/mol. The van der Waals surface area contributed by atoms with E-state index in [-0.39, 0.29) is 85.8 Å². The van der Waals surface area contributed by atoms with Gasteiger partial charge in [-0.1, -0.05) is 76.9 Å². The molecule has 4 saturated heterocycles. The second kappa shape index (κ2) is 39.6. The van der Waals surface area contributed by atoms with E-state index in [1.807, 2.05) is 114 Å². The number of aromatic nitrogens is 10. The number of aliphatic hydroxyl groups is 2. The Labute approximate surface area is 738 Å². The van der Waals surface area contributed by atoms with Crippen molar-refractivity contribution in [2.45, 2.75) is 209 Å². The number of nitrogens with zero attached hydrogens (tertiary/aromatic N) is 11. The number of carbonyl (C=O) groups is 5. The SMILES string of the molecule is Cc1ccc2[nH]nc(NCC(=O)NC3CN(C4CCC(C#N)CC4)C3)c2c1.Cc1ccc2[nH]nc(NCC(=O)NC3CN(C4CCC(O)(c5ccc(C)nc5)CC4)C3)c2c1.Cc1ccc2[nH]nc(NCC(=O)NC3CN(C4CCC(O)(c5cncs5)CC4)C3)c2c1.Cc1ccc2[nH]nc(NCC(=O)NC3CN(C4CCC(c5ccc(CC(N)=O)cc5)CC4)C3)c2c1. The first kappa shape index (κ1) is 88.0. The molecule has 126 heavy (non-hydrogen) atoms. The normalized spacial score (nSPS) is 23.2. The summed E-state index contributed by atoms with van der Waals surface area (Å²) >= 11 is 1.53. The van der Waals surface area contributed by atoms with Gasteiger partial charge in [-0.25, -0.2) is 0 Å². The second-order valence-corrected chi connectivity index (χ2v) is 37.3. The number of fused-ring (bicyclic) bond motifs is 4.